The van der Waals surface area contributed by atoms with Gasteiger partial charge >= 0.3 is 0 Å². The van der Waals surface area contributed by atoms with Crippen LogP contribution in [-0.2, 0) is 0 Å². The number of primary amides is 1. The number of ether oxygens (including phenoxy) is 1. The van der Waals surface area contributed by atoms with Gasteiger partial charge in [-0.3, -0.25) is 9.59 Å². The summed E-state index contributed by atoms with van der Waals surface area (Å²) in [6.07, 6.45) is 0. The third-order valence-electron chi connectivity index (χ3n) is 2.20. The number of hydrogen-bond donors (Lipinski definition) is 1. The van der Waals surface area contributed by atoms with Gasteiger partial charge in [0.25, 0.3) is 11.8 Å². The Hall–Kier alpha value is -2.63. The predicted molar refractivity (Wildman–Crippen MR) is 61.5 cm³/mol. The van der Waals surface area contributed by atoms with Crippen LogP contribution in [0.3, 0.4) is 0 Å². The van der Waals surface area contributed by atoms with Crippen molar-refractivity contribution in [1.29, 1.82) is 0 Å². The minimum absolute atomic E-state index is 0.0848. The smallest absolute Gasteiger partial charge is 0.260 e. The Morgan fingerprint density at radius 3 is 2.67 bits per heavy atom. The molecule has 0 spiro atoms. The zero-order chi connectivity index (χ0) is 13.1. The number of carbonyl (C=O) groups excluding carboxylic acids is 2. The highest BCUT2D eigenvalue weighted by Crippen LogP contribution is 2.24. The number of Topliss-reactive ketones (excluding diaryl/α,β-unsaturated/α-hetero) is 1. The van der Waals surface area contributed by atoms with E-state index >= 15 is 0 Å². The molecule has 1 aromatic heterocycles. The van der Waals surface area contributed by atoms with Crippen molar-refractivity contribution in [2.24, 2.45) is 5.73 Å². The van der Waals surface area contributed by atoms with Crippen molar-refractivity contribution in [1.82, 2.24) is 5.16 Å². The minimum Gasteiger partial charge on any atom is -0.436 e. The molecule has 0 aliphatic rings. The summed E-state index contributed by atoms with van der Waals surface area (Å²) in [5.74, 6) is -0.440. The number of rotatable bonds is 4. The fourth-order valence-electron chi connectivity index (χ4n) is 1.34. The normalized spacial score (nSPS) is 10.1. The van der Waals surface area contributed by atoms with E-state index in [-0.39, 0.29) is 28.7 Å². The van der Waals surface area contributed by atoms with Gasteiger partial charge in [-0.25, -0.2) is 0 Å². The van der Waals surface area contributed by atoms with E-state index in [9.17, 15) is 9.59 Å². The monoisotopic (exact) mass is 246 g/mol. The molecular weight excluding hydrogens is 236 g/mol. The zero-order valence-corrected chi connectivity index (χ0v) is 9.54. The highest BCUT2D eigenvalue weighted by molar-refractivity contribution is 5.95. The van der Waals surface area contributed by atoms with Crippen molar-refractivity contribution < 1.29 is 18.8 Å². The first kappa shape index (κ1) is 11.8. The molecule has 1 amide bonds. The van der Waals surface area contributed by atoms with Crippen molar-refractivity contribution in [3.63, 3.8) is 0 Å². The van der Waals surface area contributed by atoms with E-state index in [1.54, 1.807) is 18.2 Å². The summed E-state index contributed by atoms with van der Waals surface area (Å²) in [7, 11) is 0. The van der Waals surface area contributed by atoms with Crippen LogP contribution in [0.2, 0.25) is 0 Å². The van der Waals surface area contributed by atoms with Gasteiger partial charge in [0.05, 0.1) is 11.6 Å². The molecule has 0 radical (unpaired) electrons. The molecule has 2 rings (SSSR count). The second-order valence-corrected chi connectivity index (χ2v) is 3.55. The largest absolute Gasteiger partial charge is 0.436 e. The van der Waals surface area contributed by atoms with Gasteiger partial charge in [0.2, 0.25) is 5.76 Å². The first-order valence-corrected chi connectivity index (χ1v) is 5.12. The van der Waals surface area contributed by atoms with E-state index in [4.69, 9.17) is 15.0 Å². The molecule has 0 bridgehead atoms. The molecule has 0 fully saturated rings. The third kappa shape index (κ3) is 2.37. The molecule has 0 atom stereocenters. The Morgan fingerprint density at radius 1 is 1.33 bits per heavy atom. The van der Waals surface area contributed by atoms with Crippen LogP contribution in [0.5, 0.6) is 11.6 Å². The van der Waals surface area contributed by atoms with Gasteiger partial charge < -0.3 is 15.0 Å². The maximum absolute atomic E-state index is 11.2. The zero-order valence-electron chi connectivity index (χ0n) is 9.54. The first-order chi connectivity index (χ1) is 8.58. The van der Waals surface area contributed by atoms with Gasteiger partial charge in [-0.05, 0) is 17.3 Å². The molecule has 0 saturated carbocycles. The lowest BCUT2D eigenvalue weighted by atomic mass is 10.2. The van der Waals surface area contributed by atoms with Gasteiger partial charge in [-0.1, -0.05) is 12.1 Å². The number of carbonyl (C=O) groups is 2. The molecule has 6 heteroatoms. The number of nitrogens with zero attached hydrogens (tertiary/aromatic N) is 1. The second kappa shape index (κ2) is 4.70. The number of ketones is 1. The van der Waals surface area contributed by atoms with Crippen molar-refractivity contribution in [2.75, 3.05) is 0 Å². The lowest BCUT2D eigenvalue weighted by molar-refractivity contribution is 0.0976. The van der Waals surface area contributed by atoms with Crippen molar-refractivity contribution in [3.05, 3.63) is 41.7 Å². The highest BCUT2D eigenvalue weighted by Gasteiger charge is 2.13. The van der Waals surface area contributed by atoms with E-state index in [0.717, 1.165) is 0 Å². The molecule has 0 aliphatic carbocycles. The fourth-order valence-corrected chi connectivity index (χ4v) is 1.34. The summed E-state index contributed by atoms with van der Waals surface area (Å²) in [5, 5.41) is 3.56. The first-order valence-electron chi connectivity index (χ1n) is 5.12. The van der Waals surface area contributed by atoms with Crippen LogP contribution in [0.1, 0.15) is 27.8 Å². The van der Waals surface area contributed by atoms with Crippen LogP contribution in [0.25, 0.3) is 0 Å². The van der Waals surface area contributed by atoms with Crippen molar-refractivity contribution in [2.45, 2.75) is 6.92 Å². The molecule has 0 saturated heterocycles. The van der Waals surface area contributed by atoms with Crippen molar-refractivity contribution in [3.8, 4) is 11.6 Å². The quantitative estimate of drug-likeness (QED) is 0.829. The third-order valence-corrected chi connectivity index (χ3v) is 2.20. The average molecular weight is 246 g/mol. The molecule has 6 nitrogen and oxygen atoms in total. The van der Waals surface area contributed by atoms with Crippen LogP contribution >= 0.6 is 0 Å². The van der Waals surface area contributed by atoms with E-state index in [1.807, 2.05) is 0 Å². The van der Waals surface area contributed by atoms with Gasteiger partial charge in [-0.2, -0.15) is 0 Å². The van der Waals surface area contributed by atoms with Crippen molar-refractivity contribution >= 4 is 11.7 Å². The Kier molecular flexibility index (Phi) is 3.09. The number of amides is 1. The van der Waals surface area contributed by atoms with Crippen LogP contribution in [0, 0.1) is 0 Å². The van der Waals surface area contributed by atoms with E-state index in [1.165, 1.54) is 19.1 Å². The Labute approximate surface area is 102 Å². The SMILES string of the molecule is CC(=O)c1cc(Oc2ccccc2C(N)=O)no1. The highest BCUT2D eigenvalue weighted by atomic mass is 16.5. The van der Waals surface area contributed by atoms with Gasteiger partial charge in [0.1, 0.15) is 5.75 Å². The average Bonchev–Trinajstić information content (AvgIpc) is 2.78. The van der Waals surface area contributed by atoms with Gasteiger partial charge in [0.15, 0.2) is 5.78 Å². The Morgan fingerprint density at radius 2 is 2.06 bits per heavy atom. The number of nitrogens with two attached hydrogens (primary N) is 1. The standard InChI is InChI=1S/C12H10N2O4/c1-7(15)10-6-11(14-18-10)17-9-5-3-2-4-8(9)12(13)16/h2-6H,1H3,(H2,13,16). The predicted octanol–water partition coefficient (Wildman–Crippen LogP) is 1.77. The van der Waals surface area contributed by atoms with Crippen LogP contribution < -0.4 is 10.5 Å². The fraction of sp³-hybridized carbons (Fsp3) is 0.0833. The summed E-state index contributed by atoms with van der Waals surface area (Å²) < 4.78 is 10.1. The maximum Gasteiger partial charge on any atom is 0.260 e. The molecule has 0 aliphatic heterocycles. The molecule has 2 aromatic rings. The molecule has 1 aromatic carbocycles. The summed E-state index contributed by atoms with van der Waals surface area (Å²) in [6, 6.07) is 7.80. The molecule has 2 N–H and O–H groups in total. The molecule has 0 unspecified atom stereocenters. The number of aromatic nitrogens is 1. The summed E-state index contributed by atoms with van der Waals surface area (Å²) >= 11 is 0. The Bertz CT molecular complexity index is 604. The number of benzene rings is 1. The summed E-state index contributed by atoms with van der Waals surface area (Å²) in [5.41, 5.74) is 5.43. The maximum atomic E-state index is 11.2. The minimum atomic E-state index is -0.610. The number of hydrogen-bond acceptors (Lipinski definition) is 5. The summed E-state index contributed by atoms with van der Waals surface area (Å²) in [4.78, 5) is 22.2. The van der Waals surface area contributed by atoms with Gasteiger partial charge in [-0.15, -0.1) is 0 Å². The van der Waals surface area contributed by atoms with E-state index < -0.39 is 5.91 Å². The number of para-hydroxylation sites is 1. The summed E-state index contributed by atoms with van der Waals surface area (Å²) in [6.45, 7) is 1.35. The van der Waals surface area contributed by atoms with Crippen LogP contribution in [0.4, 0.5) is 0 Å². The van der Waals surface area contributed by atoms with E-state index in [0.29, 0.717) is 0 Å². The molecule has 18 heavy (non-hydrogen) atoms. The Balaban J connectivity index is 2.28. The second-order valence-electron chi connectivity index (χ2n) is 3.55. The lowest BCUT2D eigenvalue weighted by Crippen LogP contribution is -2.11. The molecule has 92 valence electrons. The lowest BCUT2D eigenvalue weighted by Gasteiger charge is -2.04. The van der Waals surface area contributed by atoms with E-state index in [2.05, 4.69) is 5.16 Å². The molecular formula is C12H10N2O4. The topological polar surface area (TPSA) is 95.4 Å². The van der Waals surface area contributed by atoms with Crippen LogP contribution in [0.15, 0.2) is 34.9 Å². The van der Waals surface area contributed by atoms with Gasteiger partial charge in [0, 0.05) is 6.92 Å². The molecule has 1 heterocycles. The van der Waals surface area contributed by atoms with Crippen LogP contribution in [-0.4, -0.2) is 16.8 Å².